The fourth-order valence-electron chi connectivity index (χ4n) is 2.13. The first-order valence-electron chi connectivity index (χ1n) is 5.73. The molecule has 1 heterocycles. The number of aryl methyl sites for hydroxylation is 1. The van der Waals surface area contributed by atoms with Crippen LogP contribution in [0.1, 0.15) is 0 Å². The van der Waals surface area contributed by atoms with Gasteiger partial charge in [-0.05, 0) is 36.4 Å². The Morgan fingerprint density at radius 2 is 1.72 bits per heavy atom. The number of hydrogen-bond acceptors (Lipinski definition) is 3. The first-order chi connectivity index (χ1) is 8.66. The van der Waals surface area contributed by atoms with Gasteiger partial charge in [0.05, 0.1) is 11.2 Å². The molecule has 4 N–H and O–H groups in total. The van der Waals surface area contributed by atoms with Crippen LogP contribution in [0, 0.1) is 0 Å². The minimum absolute atomic E-state index is 0.699. The van der Waals surface area contributed by atoms with Gasteiger partial charge in [0.1, 0.15) is 11.3 Å². The molecule has 0 bridgehead atoms. The lowest BCUT2D eigenvalue weighted by atomic mass is 10.2. The van der Waals surface area contributed by atoms with E-state index in [9.17, 15) is 0 Å². The summed E-state index contributed by atoms with van der Waals surface area (Å²) in [6, 6.07) is 13.5. The lowest BCUT2D eigenvalue weighted by molar-refractivity contribution is 0.959. The van der Waals surface area contributed by atoms with Crippen LogP contribution in [0.5, 0.6) is 0 Å². The molecule has 2 aromatic carbocycles. The number of para-hydroxylation sites is 1. The number of rotatable bonds is 1. The standard InChI is InChI=1S/C14H14N4/c1-18-12-4-2-3-11(16)13(12)17-14(18)9-5-7-10(15)8-6-9/h2-8H,15-16H2,1H3. The second-order valence-corrected chi connectivity index (χ2v) is 4.33. The van der Waals surface area contributed by atoms with Gasteiger partial charge in [0.2, 0.25) is 0 Å². The zero-order valence-electron chi connectivity index (χ0n) is 10.1. The Kier molecular flexibility index (Phi) is 2.23. The number of benzene rings is 2. The van der Waals surface area contributed by atoms with Crippen molar-refractivity contribution < 1.29 is 0 Å². The van der Waals surface area contributed by atoms with Crippen LogP contribution in [0.15, 0.2) is 42.5 Å². The minimum atomic E-state index is 0.699. The molecule has 3 aromatic rings. The third kappa shape index (κ3) is 1.50. The van der Waals surface area contributed by atoms with E-state index < -0.39 is 0 Å². The molecule has 0 amide bonds. The van der Waals surface area contributed by atoms with Crippen LogP contribution in [-0.4, -0.2) is 9.55 Å². The Hall–Kier alpha value is -2.49. The first-order valence-corrected chi connectivity index (χ1v) is 5.73. The Morgan fingerprint density at radius 1 is 1.00 bits per heavy atom. The van der Waals surface area contributed by atoms with Crippen molar-refractivity contribution in [1.29, 1.82) is 0 Å². The summed E-state index contributed by atoms with van der Waals surface area (Å²) >= 11 is 0. The normalized spacial score (nSPS) is 10.9. The van der Waals surface area contributed by atoms with Crippen molar-refractivity contribution in [2.75, 3.05) is 11.5 Å². The van der Waals surface area contributed by atoms with Crippen molar-refractivity contribution in [3.63, 3.8) is 0 Å². The van der Waals surface area contributed by atoms with Gasteiger partial charge >= 0.3 is 0 Å². The molecule has 18 heavy (non-hydrogen) atoms. The molecule has 3 rings (SSSR count). The Labute approximate surface area is 105 Å². The number of anilines is 2. The maximum absolute atomic E-state index is 5.94. The zero-order chi connectivity index (χ0) is 12.7. The van der Waals surface area contributed by atoms with Gasteiger partial charge in [-0.15, -0.1) is 0 Å². The van der Waals surface area contributed by atoms with E-state index in [1.165, 1.54) is 0 Å². The van der Waals surface area contributed by atoms with Crippen LogP contribution in [0.3, 0.4) is 0 Å². The molecule has 0 aliphatic rings. The summed E-state index contributed by atoms with van der Waals surface area (Å²) in [6.07, 6.45) is 0. The van der Waals surface area contributed by atoms with E-state index >= 15 is 0 Å². The predicted octanol–water partition coefficient (Wildman–Crippen LogP) is 2.40. The zero-order valence-corrected chi connectivity index (χ0v) is 10.1. The van der Waals surface area contributed by atoms with Crippen molar-refractivity contribution in [3.05, 3.63) is 42.5 Å². The van der Waals surface area contributed by atoms with Gasteiger partial charge in [-0.25, -0.2) is 4.98 Å². The van der Waals surface area contributed by atoms with Gasteiger partial charge in [0.15, 0.2) is 0 Å². The Balaban J connectivity index is 2.27. The second-order valence-electron chi connectivity index (χ2n) is 4.33. The van der Waals surface area contributed by atoms with Crippen molar-refractivity contribution >= 4 is 22.4 Å². The largest absolute Gasteiger partial charge is 0.399 e. The molecule has 0 unspecified atom stereocenters. The summed E-state index contributed by atoms with van der Waals surface area (Å²) in [7, 11) is 1.99. The van der Waals surface area contributed by atoms with Crippen LogP contribution in [0.4, 0.5) is 11.4 Å². The van der Waals surface area contributed by atoms with Gasteiger partial charge in [0.25, 0.3) is 0 Å². The second kappa shape index (κ2) is 3.77. The summed E-state index contributed by atoms with van der Waals surface area (Å²) < 4.78 is 2.04. The average molecular weight is 238 g/mol. The third-order valence-electron chi connectivity index (χ3n) is 3.11. The van der Waals surface area contributed by atoms with E-state index in [0.29, 0.717) is 5.69 Å². The lowest BCUT2D eigenvalue weighted by Gasteiger charge is -2.02. The van der Waals surface area contributed by atoms with Crippen LogP contribution in [0.2, 0.25) is 0 Å². The summed E-state index contributed by atoms with van der Waals surface area (Å²) in [4.78, 5) is 4.61. The van der Waals surface area contributed by atoms with E-state index in [1.54, 1.807) is 0 Å². The Bertz CT molecular complexity index is 710. The predicted molar refractivity (Wildman–Crippen MR) is 75.0 cm³/mol. The molecule has 0 atom stereocenters. The van der Waals surface area contributed by atoms with E-state index in [-0.39, 0.29) is 0 Å². The number of nitrogens with zero attached hydrogens (tertiary/aromatic N) is 2. The number of imidazole rings is 1. The fraction of sp³-hybridized carbons (Fsp3) is 0.0714. The first kappa shape index (κ1) is 10.7. The number of fused-ring (bicyclic) bond motifs is 1. The SMILES string of the molecule is Cn1c(-c2ccc(N)cc2)nc2c(N)cccc21. The highest BCUT2D eigenvalue weighted by Crippen LogP contribution is 2.27. The molecule has 1 aromatic heterocycles. The van der Waals surface area contributed by atoms with E-state index in [1.807, 2.05) is 54.1 Å². The Morgan fingerprint density at radius 3 is 2.39 bits per heavy atom. The number of aromatic nitrogens is 2. The van der Waals surface area contributed by atoms with Gasteiger partial charge in [-0.1, -0.05) is 6.07 Å². The number of nitrogen functional groups attached to an aromatic ring is 2. The molecule has 0 spiro atoms. The van der Waals surface area contributed by atoms with E-state index in [4.69, 9.17) is 11.5 Å². The lowest BCUT2D eigenvalue weighted by Crippen LogP contribution is -1.92. The molecule has 0 saturated carbocycles. The molecule has 0 radical (unpaired) electrons. The molecule has 0 aliphatic carbocycles. The summed E-state index contributed by atoms with van der Waals surface area (Å²) in [5.74, 6) is 0.892. The molecular weight excluding hydrogens is 224 g/mol. The maximum atomic E-state index is 5.94. The van der Waals surface area contributed by atoms with Gasteiger partial charge in [0, 0.05) is 18.3 Å². The van der Waals surface area contributed by atoms with Crippen molar-refractivity contribution in [2.24, 2.45) is 7.05 Å². The van der Waals surface area contributed by atoms with E-state index in [2.05, 4.69) is 4.98 Å². The van der Waals surface area contributed by atoms with Crippen LogP contribution in [0.25, 0.3) is 22.4 Å². The molecule has 0 aliphatic heterocycles. The van der Waals surface area contributed by atoms with Crippen molar-refractivity contribution in [1.82, 2.24) is 9.55 Å². The third-order valence-corrected chi connectivity index (χ3v) is 3.11. The maximum Gasteiger partial charge on any atom is 0.140 e. The molecule has 90 valence electrons. The van der Waals surface area contributed by atoms with Crippen LogP contribution < -0.4 is 11.5 Å². The van der Waals surface area contributed by atoms with Crippen LogP contribution >= 0.6 is 0 Å². The highest BCUT2D eigenvalue weighted by Gasteiger charge is 2.10. The van der Waals surface area contributed by atoms with Gasteiger partial charge in [-0.2, -0.15) is 0 Å². The molecule has 0 fully saturated rings. The number of nitrogens with two attached hydrogens (primary N) is 2. The fourth-order valence-corrected chi connectivity index (χ4v) is 2.13. The monoisotopic (exact) mass is 238 g/mol. The highest BCUT2D eigenvalue weighted by atomic mass is 15.1. The molecule has 4 nitrogen and oxygen atoms in total. The summed E-state index contributed by atoms with van der Waals surface area (Å²) in [5.41, 5.74) is 16.0. The molecule has 4 heteroatoms. The summed E-state index contributed by atoms with van der Waals surface area (Å²) in [5, 5.41) is 0. The smallest absolute Gasteiger partial charge is 0.140 e. The van der Waals surface area contributed by atoms with Gasteiger partial charge < -0.3 is 16.0 Å². The van der Waals surface area contributed by atoms with Gasteiger partial charge in [-0.3, -0.25) is 0 Å². The minimum Gasteiger partial charge on any atom is -0.399 e. The topological polar surface area (TPSA) is 69.9 Å². The van der Waals surface area contributed by atoms with Crippen LogP contribution in [-0.2, 0) is 7.05 Å². The van der Waals surface area contributed by atoms with Crippen molar-refractivity contribution in [2.45, 2.75) is 0 Å². The highest BCUT2D eigenvalue weighted by molar-refractivity contribution is 5.90. The quantitative estimate of drug-likeness (QED) is 0.639. The van der Waals surface area contributed by atoms with Crippen molar-refractivity contribution in [3.8, 4) is 11.4 Å². The number of hydrogen-bond donors (Lipinski definition) is 2. The molecule has 0 saturated heterocycles. The van der Waals surface area contributed by atoms with E-state index in [0.717, 1.165) is 28.1 Å². The molecular formula is C14H14N4. The summed E-state index contributed by atoms with van der Waals surface area (Å²) in [6.45, 7) is 0. The average Bonchev–Trinajstić information content (AvgIpc) is 2.70.